The Balaban J connectivity index is 2.21. The van der Waals surface area contributed by atoms with E-state index in [2.05, 4.69) is 13.8 Å². The Morgan fingerprint density at radius 1 is 1.47 bits per heavy atom. The summed E-state index contributed by atoms with van der Waals surface area (Å²) in [6.45, 7) is 4.35. The highest BCUT2D eigenvalue weighted by molar-refractivity contribution is 7.89. The first-order chi connectivity index (χ1) is 8.72. The minimum Gasteiger partial charge on any atom is -0.461 e. The van der Waals surface area contributed by atoms with Crippen LogP contribution < -0.4 is 5.14 Å². The lowest BCUT2D eigenvalue weighted by molar-refractivity contribution is -0.141. The van der Waals surface area contributed by atoms with E-state index in [9.17, 15) is 13.2 Å². The molecule has 1 spiro atoms. The molecule has 0 amide bonds. The zero-order chi connectivity index (χ0) is 14.3. The SMILES string of the molecule is CC(C)C1CCCC2(CC(=O)OC2CS(N)(=O)=O)C1. The lowest BCUT2D eigenvalue weighted by atomic mass is 9.64. The van der Waals surface area contributed by atoms with E-state index >= 15 is 0 Å². The average molecular weight is 289 g/mol. The number of nitrogens with two attached hydrogens (primary N) is 1. The highest BCUT2D eigenvalue weighted by Crippen LogP contribution is 2.51. The van der Waals surface area contributed by atoms with Crippen LogP contribution in [0.4, 0.5) is 0 Å². The van der Waals surface area contributed by atoms with Gasteiger partial charge in [0.25, 0.3) is 0 Å². The van der Waals surface area contributed by atoms with Gasteiger partial charge in [0.05, 0.1) is 6.42 Å². The van der Waals surface area contributed by atoms with Gasteiger partial charge in [0.1, 0.15) is 11.9 Å². The van der Waals surface area contributed by atoms with Crippen LogP contribution in [0.15, 0.2) is 0 Å². The molecule has 1 saturated heterocycles. The molecule has 5 nitrogen and oxygen atoms in total. The van der Waals surface area contributed by atoms with Crippen molar-refractivity contribution in [2.75, 3.05) is 5.75 Å². The van der Waals surface area contributed by atoms with Crippen molar-refractivity contribution in [3.63, 3.8) is 0 Å². The summed E-state index contributed by atoms with van der Waals surface area (Å²) < 4.78 is 27.9. The number of primary sulfonamides is 1. The van der Waals surface area contributed by atoms with Crippen LogP contribution in [0.2, 0.25) is 0 Å². The summed E-state index contributed by atoms with van der Waals surface area (Å²) in [4.78, 5) is 11.6. The third-order valence-electron chi connectivity index (χ3n) is 4.70. The van der Waals surface area contributed by atoms with E-state index in [0.717, 1.165) is 25.7 Å². The molecule has 3 atom stereocenters. The number of hydrogen-bond donors (Lipinski definition) is 1. The first-order valence-corrected chi connectivity index (χ1v) is 8.63. The second-order valence-corrected chi connectivity index (χ2v) is 8.11. The smallest absolute Gasteiger partial charge is 0.306 e. The summed E-state index contributed by atoms with van der Waals surface area (Å²) in [6, 6.07) is 0. The van der Waals surface area contributed by atoms with Crippen LogP contribution in [0.1, 0.15) is 46.0 Å². The minimum atomic E-state index is -3.62. The normalized spacial score (nSPS) is 35.9. The van der Waals surface area contributed by atoms with Crippen molar-refractivity contribution in [2.45, 2.75) is 52.1 Å². The third-order valence-corrected chi connectivity index (χ3v) is 5.47. The molecule has 0 radical (unpaired) electrons. The molecule has 1 aliphatic heterocycles. The Labute approximate surface area is 114 Å². The molecule has 19 heavy (non-hydrogen) atoms. The van der Waals surface area contributed by atoms with Crippen LogP contribution in [0.3, 0.4) is 0 Å². The molecule has 0 bridgehead atoms. The highest BCUT2D eigenvalue weighted by Gasteiger charge is 2.52. The van der Waals surface area contributed by atoms with Crippen molar-refractivity contribution in [1.29, 1.82) is 0 Å². The van der Waals surface area contributed by atoms with Crippen molar-refractivity contribution in [2.24, 2.45) is 22.4 Å². The number of cyclic esters (lactones) is 1. The average Bonchev–Trinajstić information content (AvgIpc) is 2.52. The first kappa shape index (κ1) is 14.8. The number of ether oxygens (including phenoxy) is 1. The van der Waals surface area contributed by atoms with Gasteiger partial charge in [-0.25, -0.2) is 13.6 Å². The van der Waals surface area contributed by atoms with E-state index in [-0.39, 0.29) is 17.1 Å². The second kappa shape index (κ2) is 5.05. The summed E-state index contributed by atoms with van der Waals surface area (Å²) in [5.41, 5.74) is -0.309. The van der Waals surface area contributed by atoms with Gasteiger partial charge in [-0.3, -0.25) is 4.79 Å². The van der Waals surface area contributed by atoms with Gasteiger partial charge >= 0.3 is 5.97 Å². The fourth-order valence-corrected chi connectivity index (χ4v) is 4.46. The Morgan fingerprint density at radius 2 is 2.16 bits per heavy atom. The van der Waals surface area contributed by atoms with Crippen LogP contribution in [0.25, 0.3) is 0 Å². The molecule has 1 aliphatic carbocycles. The van der Waals surface area contributed by atoms with Gasteiger partial charge in [-0.15, -0.1) is 0 Å². The number of esters is 1. The first-order valence-electron chi connectivity index (χ1n) is 6.92. The summed E-state index contributed by atoms with van der Waals surface area (Å²) in [6.07, 6.45) is 3.70. The Morgan fingerprint density at radius 3 is 2.74 bits per heavy atom. The highest BCUT2D eigenvalue weighted by atomic mass is 32.2. The quantitative estimate of drug-likeness (QED) is 0.796. The molecule has 6 heteroatoms. The van der Waals surface area contributed by atoms with E-state index < -0.39 is 16.1 Å². The van der Waals surface area contributed by atoms with E-state index in [0.29, 0.717) is 18.3 Å². The van der Waals surface area contributed by atoms with Crippen molar-refractivity contribution in [1.82, 2.24) is 0 Å². The summed E-state index contributed by atoms with van der Waals surface area (Å²) in [5, 5.41) is 5.13. The van der Waals surface area contributed by atoms with Crippen molar-refractivity contribution < 1.29 is 17.9 Å². The molecular weight excluding hydrogens is 266 g/mol. The van der Waals surface area contributed by atoms with Crippen LogP contribution in [-0.2, 0) is 19.6 Å². The molecule has 110 valence electrons. The molecule has 0 aromatic rings. The maximum absolute atomic E-state index is 11.6. The Hall–Kier alpha value is -0.620. The summed E-state index contributed by atoms with van der Waals surface area (Å²) in [7, 11) is -3.62. The van der Waals surface area contributed by atoms with Crippen LogP contribution in [0.5, 0.6) is 0 Å². The Bertz CT molecular complexity index is 459. The molecule has 2 rings (SSSR count). The van der Waals surface area contributed by atoms with E-state index in [1.807, 2.05) is 0 Å². The number of carbonyl (C=O) groups is 1. The fraction of sp³-hybridized carbons (Fsp3) is 0.923. The van der Waals surface area contributed by atoms with Gasteiger partial charge in [0.2, 0.25) is 10.0 Å². The molecule has 3 unspecified atom stereocenters. The summed E-state index contributed by atoms with van der Waals surface area (Å²) in [5.74, 6) is 0.552. The molecule has 2 fully saturated rings. The zero-order valence-corrected chi connectivity index (χ0v) is 12.4. The van der Waals surface area contributed by atoms with E-state index in [4.69, 9.17) is 9.88 Å². The molecule has 0 aromatic heterocycles. The molecular formula is C13H23NO4S. The molecule has 1 heterocycles. The van der Waals surface area contributed by atoms with Crippen LogP contribution in [-0.4, -0.2) is 26.2 Å². The van der Waals surface area contributed by atoms with Gasteiger partial charge in [-0.05, 0) is 24.7 Å². The van der Waals surface area contributed by atoms with Gasteiger partial charge in [0, 0.05) is 5.41 Å². The molecule has 1 saturated carbocycles. The standard InChI is InChI=1S/C13H23NO4S/c1-9(2)10-4-3-5-13(6-10)7-12(15)18-11(13)8-19(14,16)17/h9-11H,3-8H2,1-2H3,(H2,14,16,17). The molecule has 0 aromatic carbocycles. The fourth-order valence-electron chi connectivity index (χ4n) is 3.61. The second-order valence-electron chi connectivity index (χ2n) is 6.45. The maximum atomic E-state index is 11.6. The van der Waals surface area contributed by atoms with Crippen molar-refractivity contribution in [3.05, 3.63) is 0 Å². The maximum Gasteiger partial charge on any atom is 0.306 e. The van der Waals surface area contributed by atoms with E-state index in [1.54, 1.807) is 0 Å². The van der Waals surface area contributed by atoms with Crippen LogP contribution >= 0.6 is 0 Å². The number of hydrogen-bond acceptors (Lipinski definition) is 4. The largest absolute Gasteiger partial charge is 0.461 e. The predicted octanol–water partition coefficient (Wildman–Crippen LogP) is 1.42. The number of sulfonamides is 1. The Kier molecular flexibility index (Phi) is 3.93. The lowest BCUT2D eigenvalue weighted by Gasteiger charge is -2.41. The molecule has 2 aliphatic rings. The van der Waals surface area contributed by atoms with E-state index in [1.165, 1.54) is 0 Å². The zero-order valence-electron chi connectivity index (χ0n) is 11.6. The van der Waals surface area contributed by atoms with Crippen molar-refractivity contribution in [3.8, 4) is 0 Å². The predicted molar refractivity (Wildman–Crippen MR) is 71.7 cm³/mol. The number of carbonyl (C=O) groups excluding carboxylic acids is 1. The van der Waals surface area contributed by atoms with Gasteiger partial charge < -0.3 is 4.74 Å². The number of rotatable bonds is 3. The minimum absolute atomic E-state index is 0.246. The van der Waals surface area contributed by atoms with Crippen molar-refractivity contribution >= 4 is 16.0 Å². The van der Waals surface area contributed by atoms with Gasteiger partial charge in [0.15, 0.2) is 0 Å². The third kappa shape index (κ3) is 3.28. The van der Waals surface area contributed by atoms with Gasteiger partial charge in [-0.2, -0.15) is 0 Å². The lowest BCUT2D eigenvalue weighted by Crippen LogP contribution is -2.42. The van der Waals surface area contributed by atoms with Crippen LogP contribution in [0, 0.1) is 17.3 Å². The topological polar surface area (TPSA) is 86.5 Å². The molecule has 2 N–H and O–H groups in total. The monoisotopic (exact) mass is 289 g/mol. The van der Waals surface area contributed by atoms with Gasteiger partial charge in [-0.1, -0.05) is 26.7 Å². The summed E-state index contributed by atoms with van der Waals surface area (Å²) >= 11 is 0.